The van der Waals surface area contributed by atoms with Crippen LogP contribution in [0.2, 0.25) is 0 Å². The number of fused-ring (bicyclic) bond motifs is 5. The van der Waals surface area contributed by atoms with Crippen molar-refractivity contribution in [1.82, 2.24) is 9.29 Å². The summed E-state index contributed by atoms with van der Waals surface area (Å²) in [7, 11) is -3.78. The van der Waals surface area contributed by atoms with Gasteiger partial charge in [-0.1, -0.05) is 55.7 Å². The molecule has 208 valence electrons. The fourth-order valence-corrected chi connectivity index (χ4v) is 6.67. The van der Waals surface area contributed by atoms with E-state index in [1.165, 1.54) is 25.8 Å². The summed E-state index contributed by atoms with van der Waals surface area (Å²) in [6.45, 7) is 3.48. The lowest BCUT2D eigenvalue weighted by Crippen LogP contribution is -2.35. The molecule has 7 nitrogen and oxygen atoms in total. The minimum absolute atomic E-state index is 0.238. The van der Waals surface area contributed by atoms with E-state index in [4.69, 9.17) is 4.74 Å². The number of ether oxygens (including phenoxy) is 1. The first-order valence-corrected chi connectivity index (χ1v) is 15.5. The summed E-state index contributed by atoms with van der Waals surface area (Å²) in [5.74, 6) is 0.350. The number of aliphatic hydroxyl groups is 1. The third-order valence-corrected chi connectivity index (χ3v) is 9.93. The Labute approximate surface area is 234 Å². The Kier molecular flexibility index (Phi) is 6.92. The number of benzene rings is 3. The second kappa shape index (κ2) is 10.4. The fraction of sp³-hybridized carbons (Fsp3) is 0.344. The molecule has 1 atom stereocenters. The number of hydrogen-bond donors (Lipinski definition) is 2. The van der Waals surface area contributed by atoms with Crippen LogP contribution in [0.25, 0.3) is 22.2 Å². The summed E-state index contributed by atoms with van der Waals surface area (Å²) < 4.78 is 34.9. The zero-order valence-corrected chi connectivity index (χ0v) is 23.6. The van der Waals surface area contributed by atoms with Gasteiger partial charge in [-0.15, -0.1) is 0 Å². The first-order chi connectivity index (χ1) is 19.2. The summed E-state index contributed by atoms with van der Waals surface area (Å²) in [5, 5.41) is 11.9. The molecule has 4 aromatic rings. The number of aliphatic hydroxyl groups excluding tert-OH is 1. The molecule has 1 aromatic heterocycles. The van der Waals surface area contributed by atoms with Crippen LogP contribution in [0.3, 0.4) is 0 Å². The molecule has 1 aliphatic carbocycles. The molecule has 2 heterocycles. The maximum Gasteiger partial charge on any atom is 0.264 e. The number of carbonyl (C=O) groups is 1. The van der Waals surface area contributed by atoms with E-state index in [9.17, 15) is 18.3 Å². The van der Waals surface area contributed by atoms with Crippen LogP contribution in [0.1, 0.15) is 85.1 Å². The smallest absolute Gasteiger partial charge is 0.264 e. The highest BCUT2D eigenvalue weighted by molar-refractivity contribution is 7.90. The maximum absolute atomic E-state index is 13.0. The van der Waals surface area contributed by atoms with Crippen LogP contribution in [0.4, 0.5) is 0 Å². The Morgan fingerprint density at radius 3 is 2.50 bits per heavy atom. The van der Waals surface area contributed by atoms with Gasteiger partial charge in [0, 0.05) is 22.1 Å². The molecule has 3 aromatic carbocycles. The number of amides is 1. The summed E-state index contributed by atoms with van der Waals surface area (Å²) in [6.07, 6.45) is 4.73. The highest BCUT2D eigenvalue weighted by Crippen LogP contribution is 2.51. The first kappa shape index (κ1) is 26.6. The predicted octanol–water partition coefficient (Wildman–Crippen LogP) is 6.26. The molecular weight excluding hydrogens is 524 g/mol. The molecule has 1 amide bonds. The number of rotatable bonds is 7. The Bertz CT molecular complexity index is 1690. The van der Waals surface area contributed by atoms with Crippen LogP contribution in [-0.2, 0) is 16.6 Å². The van der Waals surface area contributed by atoms with E-state index < -0.39 is 27.4 Å². The molecule has 1 aliphatic heterocycles. The summed E-state index contributed by atoms with van der Waals surface area (Å²) >= 11 is 0. The van der Waals surface area contributed by atoms with Gasteiger partial charge < -0.3 is 14.4 Å². The largest absolute Gasteiger partial charge is 0.489 e. The zero-order valence-electron chi connectivity index (χ0n) is 22.8. The van der Waals surface area contributed by atoms with Crippen molar-refractivity contribution in [1.29, 1.82) is 0 Å². The van der Waals surface area contributed by atoms with Gasteiger partial charge in [0.05, 0.1) is 16.5 Å². The van der Waals surface area contributed by atoms with E-state index in [-0.39, 0.29) is 5.56 Å². The second-order valence-electron chi connectivity index (χ2n) is 11.1. The minimum atomic E-state index is -3.78. The SMILES string of the molecule is CC(C)S(=O)(=O)NC(=O)c1ccc2c(C3CCCCC3)c3n(c2c1)C(O)c1cc(OCc2ccccc2)ccc1-3. The standard InChI is InChI=1S/C32H34N2O5S/c1-20(2)40(37,38)33-31(35)23-13-15-26-28(17-23)34-30(29(26)22-11-7-4-8-12-22)25-16-14-24(18-27(25)32(34)36)39-19-21-9-5-3-6-10-21/h3,5-6,9-10,13-18,20,22,32,36H,4,7-8,11-12,19H2,1-2H3,(H,33,35). The number of nitrogens with one attached hydrogen (secondary N) is 1. The summed E-state index contributed by atoms with van der Waals surface area (Å²) in [4.78, 5) is 13.0. The Balaban J connectivity index is 1.42. The number of sulfonamides is 1. The lowest BCUT2D eigenvalue weighted by molar-refractivity contribution is 0.0981. The van der Waals surface area contributed by atoms with Crippen molar-refractivity contribution in [2.75, 3.05) is 0 Å². The average Bonchev–Trinajstić information content (AvgIpc) is 3.44. The highest BCUT2D eigenvalue weighted by Gasteiger charge is 2.36. The van der Waals surface area contributed by atoms with E-state index in [0.29, 0.717) is 18.3 Å². The Morgan fingerprint density at radius 2 is 1.77 bits per heavy atom. The number of nitrogens with zero attached hydrogens (tertiary/aromatic N) is 1. The monoisotopic (exact) mass is 558 g/mol. The van der Waals surface area contributed by atoms with E-state index in [0.717, 1.165) is 59.0 Å². The third-order valence-electron chi connectivity index (χ3n) is 8.22. The van der Waals surface area contributed by atoms with Crippen LogP contribution in [0.5, 0.6) is 5.75 Å². The number of aromatic nitrogens is 1. The van der Waals surface area contributed by atoms with Crippen molar-refractivity contribution in [3.8, 4) is 17.0 Å². The van der Waals surface area contributed by atoms with Gasteiger partial charge in [-0.2, -0.15) is 0 Å². The number of hydrogen-bond acceptors (Lipinski definition) is 5. The molecule has 1 unspecified atom stereocenters. The molecule has 0 bridgehead atoms. The van der Waals surface area contributed by atoms with Crippen LogP contribution in [-0.4, -0.2) is 29.2 Å². The molecule has 2 N–H and O–H groups in total. The molecule has 8 heteroatoms. The van der Waals surface area contributed by atoms with E-state index in [1.807, 2.05) is 59.2 Å². The lowest BCUT2D eigenvalue weighted by atomic mass is 9.81. The van der Waals surface area contributed by atoms with Gasteiger partial charge in [0.15, 0.2) is 6.23 Å². The van der Waals surface area contributed by atoms with Crippen LogP contribution >= 0.6 is 0 Å². The Hall–Kier alpha value is -3.62. The second-order valence-corrected chi connectivity index (χ2v) is 13.4. The topological polar surface area (TPSA) is 97.6 Å². The van der Waals surface area contributed by atoms with Crippen LogP contribution in [0.15, 0.2) is 66.7 Å². The summed E-state index contributed by atoms with van der Waals surface area (Å²) in [6, 6.07) is 21.1. The first-order valence-electron chi connectivity index (χ1n) is 14.0. The molecule has 1 fully saturated rings. The quantitative estimate of drug-likeness (QED) is 0.279. The molecule has 0 spiro atoms. The van der Waals surface area contributed by atoms with Gasteiger partial charge in [0.2, 0.25) is 10.0 Å². The molecule has 2 aliphatic rings. The van der Waals surface area contributed by atoms with Crippen molar-refractivity contribution in [3.05, 3.63) is 89.0 Å². The highest BCUT2D eigenvalue weighted by atomic mass is 32.2. The average molecular weight is 559 g/mol. The van der Waals surface area contributed by atoms with E-state index in [1.54, 1.807) is 12.1 Å². The normalized spacial score (nSPS) is 17.1. The van der Waals surface area contributed by atoms with Crippen LogP contribution < -0.4 is 9.46 Å². The van der Waals surface area contributed by atoms with Crippen molar-refractivity contribution in [2.24, 2.45) is 0 Å². The zero-order chi connectivity index (χ0) is 28.0. The van der Waals surface area contributed by atoms with Gasteiger partial charge in [0.25, 0.3) is 5.91 Å². The maximum atomic E-state index is 13.0. The van der Waals surface area contributed by atoms with Crippen molar-refractivity contribution < 1.29 is 23.1 Å². The third kappa shape index (κ3) is 4.69. The molecule has 40 heavy (non-hydrogen) atoms. The molecule has 1 saturated carbocycles. The molecule has 0 radical (unpaired) electrons. The summed E-state index contributed by atoms with van der Waals surface area (Å²) in [5.41, 5.74) is 5.92. The van der Waals surface area contributed by atoms with E-state index >= 15 is 0 Å². The van der Waals surface area contributed by atoms with Gasteiger partial charge in [-0.3, -0.25) is 4.79 Å². The van der Waals surface area contributed by atoms with Crippen molar-refractivity contribution in [2.45, 2.75) is 70.0 Å². The van der Waals surface area contributed by atoms with Gasteiger partial charge in [0.1, 0.15) is 12.4 Å². The molecular formula is C32H34N2O5S. The fourth-order valence-electron chi connectivity index (χ4n) is 6.06. The number of carbonyl (C=O) groups excluding carboxylic acids is 1. The van der Waals surface area contributed by atoms with Crippen LogP contribution in [0, 0.1) is 0 Å². The van der Waals surface area contributed by atoms with E-state index in [2.05, 4.69) is 4.72 Å². The Morgan fingerprint density at radius 1 is 1.02 bits per heavy atom. The lowest BCUT2D eigenvalue weighted by Gasteiger charge is -2.23. The van der Waals surface area contributed by atoms with Crippen molar-refractivity contribution >= 4 is 26.8 Å². The molecule has 0 saturated heterocycles. The van der Waals surface area contributed by atoms with Crippen molar-refractivity contribution in [3.63, 3.8) is 0 Å². The minimum Gasteiger partial charge on any atom is -0.489 e. The predicted molar refractivity (Wildman–Crippen MR) is 156 cm³/mol. The van der Waals surface area contributed by atoms with Gasteiger partial charge in [-0.25, -0.2) is 13.1 Å². The van der Waals surface area contributed by atoms with Gasteiger partial charge in [-0.05, 0) is 74.1 Å². The molecule has 6 rings (SSSR count). The van der Waals surface area contributed by atoms with Gasteiger partial charge >= 0.3 is 0 Å².